The van der Waals surface area contributed by atoms with Crippen molar-refractivity contribution in [3.05, 3.63) is 57.9 Å². The third-order valence-corrected chi connectivity index (χ3v) is 4.91. The van der Waals surface area contributed by atoms with Gasteiger partial charge in [0.2, 0.25) is 0 Å². The van der Waals surface area contributed by atoms with Crippen LogP contribution in [0.25, 0.3) is 11.3 Å². The van der Waals surface area contributed by atoms with Crippen molar-refractivity contribution in [2.24, 2.45) is 0 Å². The lowest BCUT2D eigenvalue weighted by Crippen LogP contribution is -2.20. The zero-order valence-corrected chi connectivity index (χ0v) is 17.4. The van der Waals surface area contributed by atoms with E-state index in [0.29, 0.717) is 27.5 Å². The lowest BCUT2D eigenvalue weighted by atomic mass is 10.2. The molecule has 3 rings (SSSR count). The van der Waals surface area contributed by atoms with Crippen molar-refractivity contribution in [3.8, 4) is 22.8 Å². The molecule has 1 N–H and O–H groups in total. The number of benzene rings is 2. The Kier molecular flexibility index (Phi) is 7.14. The van der Waals surface area contributed by atoms with E-state index >= 15 is 0 Å². The van der Waals surface area contributed by atoms with Crippen LogP contribution in [0.5, 0.6) is 11.5 Å². The number of carbonyl (C=O) groups is 1. The van der Waals surface area contributed by atoms with Crippen LogP contribution >= 0.6 is 34.5 Å². The Morgan fingerprint density at radius 2 is 1.93 bits per heavy atom. The molecule has 5 nitrogen and oxygen atoms in total. The predicted molar refractivity (Wildman–Crippen MR) is 114 cm³/mol. The van der Waals surface area contributed by atoms with E-state index in [1.165, 1.54) is 11.3 Å². The SMILES string of the molecule is CCCOc1ccc(-c2csc(NC(=O)COc3ccc(Cl)cc3Cl)n2)cc1. The van der Waals surface area contributed by atoms with Gasteiger partial charge >= 0.3 is 0 Å². The normalized spacial score (nSPS) is 10.5. The van der Waals surface area contributed by atoms with Gasteiger partial charge in [0.1, 0.15) is 11.5 Å². The van der Waals surface area contributed by atoms with E-state index < -0.39 is 0 Å². The molecular formula is C20H18Cl2N2O3S. The van der Waals surface area contributed by atoms with E-state index in [2.05, 4.69) is 17.2 Å². The minimum atomic E-state index is -0.324. The van der Waals surface area contributed by atoms with Crippen molar-refractivity contribution in [1.29, 1.82) is 0 Å². The molecule has 0 aliphatic carbocycles. The molecule has 1 heterocycles. The van der Waals surface area contributed by atoms with Crippen LogP contribution in [0.2, 0.25) is 10.0 Å². The zero-order valence-electron chi connectivity index (χ0n) is 15.1. The number of nitrogens with zero attached hydrogens (tertiary/aromatic N) is 1. The topological polar surface area (TPSA) is 60.5 Å². The minimum Gasteiger partial charge on any atom is -0.494 e. The number of ether oxygens (including phenoxy) is 2. The first-order valence-electron chi connectivity index (χ1n) is 8.61. The molecule has 0 atom stereocenters. The van der Waals surface area contributed by atoms with Crippen molar-refractivity contribution in [1.82, 2.24) is 4.98 Å². The monoisotopic (exact) mass is 436 g/mol. The van der Waals surface area contributed by atoms with Gasteiger partial charge in [-0.3, -0.25) is 10.1 Å². The number of halogens is 2. The van der Waals surface area contributed by atoms with Crippen LogP contribution in [-0.4, -0.2) is 24.1 Å². The van der Waals surface area contributed by atoms with Gasteiger partial charge < -0.3 is 9.47 Å². The average molecular weight is 437 g/mol. The van der Waals surface area contributed by atoms with E-state index in [4.69, 9.17) is 32.7 Å². The fraction of sp³-hybridized carbons (Fsp3) is 0.200. The summed E-state index contributed by atoms with van der Waals surface area (Å²) in [6.07, 6.45) is 0.963. The van der Waals surface area contributed by atoms with Gasteiger partial charge in [0.05, 0.1) is 17.3 Å². The molecule has 1 amide bonds. The Labute approximate surface area is 177 Å². The molecule has 0 aliphatic rings. The van der Waals surface area contributed by atoms with Crippen LogP contribution in [0.15, 0.2) is 47.8 Å². The molecule has 0 saturated carbocycles. The highest BCUT2D eigenvalue weighted by Crippen LogP contribution is 2.28. The van der Waals surface area contributed by atoms with Gasteiger partial charge in [0.25, 0.3) is 5.91 Å². The Hall–Kier alpha value is -2.28. The quantitative estimate of drug-likeness (QED) is 0.475. The number of carbonyl (C=O) groups excluding carboxylic acids is 1. The molecule has 0 saturated heterocycles. The predicted octanol–water partition coefficient (Wildman–Crippen LogP) is 5.92. The highest BCUT2D eigenvalue weighted by molar-refractivity contribution is 7.14. The van der Waals surface area contributed by atoms with E-state index in [9.17, 15) is 4.79 Å². The van der Waals surface area contributed by atoms with Gasteiger partial charge in [-0.1, -0.05) is 30.1 Å². The van der Waals surface area contributed by atoms with Crippen LogP contribution in [-0.2, 0) is 4.79 Å². The first kappa shape index (κ1) is 20.5. The van der Waals surface area contributed by atoms with Crippen molar-refractivity contribution < 1.29 is 14.3 Å². The van der Waals surface area contributed by atoms with E-state index in [1.54, 1.807) is 18.2 Å². The van der Waals surface area contributed by atoms with Crippen LogP contribution < -0.4 is 14.8 Å². The molecule has 0 radical (unpaired) electrons. The summed E-state index contributed by atoms with van der Waals surface area (Å²) in [5.41, 5.74) is 1.73. The molecule has 0 bridgehead atoms. The lowest BCUT2D eigenvalue weighted by Gasteiger charge is -2.07. The second kappa shape index (κ2) is 9.78. The number of hydrogen-bond acceptors (Lipinski definition) is 5. The minimum absolute atomic E-state index is 0.181. The maximum Gasteiger partial charge on any atom is 0.264 e. The summed E-state index contributed by atoms with van der Waals surface area (Å²) >= 11 is 13.2. The Morgan fingerprint density at radius 1 is 1.14 bits per heavy atom. The lowest BCUT2D eigenvalue weighted by molar-refractivity contribution is -0.118. The molecule has 0 unspecified atom stereocenters. The molecule has 2 aromatic carbocycles. The average Bonchev–Trinajstić information content (AvgIpc) is 3.14. The Bertz CT molecular complexity index is 945. The van der Waals surface area contributed by atoms with Crippen LogP contribution in [0.3, 0.4) is 0 Å². The third-order valence-electron chi connectivity index (χ3n) is 3.63. The maximum absolute atomic E-state index is 12.1. The molecule has 1 aromatic heterocycles. The number of hydrogen-bond donors (Lipinski definition) is 1. The molecular weight excluding hydrogens is 419 g/mol. The molecule has 28 heavy (non-hydrogen) atoms. The van der Waals surface area contributed by atoms with E-state index in [-0.39, 0.29) is 12.5 Å². The van der Waals surface area contributed by atoms with Crippen molar-refractivity contribution >= 4 is 45.6 Å². The summed E-state index contributed by atoms with van der Waals surface area (Å²) in [4.78, 5) is 16.5. The third kappa shape index (κ3) is 5.61. The number of aromatic nitrogens is 1. The largest absolute Gasteiger partial charge is 0.494 e. The summed E-state index contributed by atoms with van der Waals surface area (Å²) in [6, 6.07) is 12.5. The summed E-state index contributed by atoms with van der Waals surface area (Å²) in [5.74, 6) is 0.897. The highest BCUT2D eigenvalue weighted by Gasteiger charge is 2.10. The molecule has 8 heteroatoms. The second-order valence-corrected chi connectivity index (χ2v) is 7.52. The van der Waals surface area contributed by atoms with Gasteiger partial charge in [-0.2, -0.15) is 0 Å². The number of anilines is 1. The fourth-order valence-corrected chi connectivity index (χ4v) is 3.50. The molecule has 146 valence electrons. The second-order valence-electron chi connectivity index (χ2n) is 5.82. The van der Waals surface area contributed by atoms with Crippen molar-refractivity contribution in [2.75, 3.05) is 18.5 Å². The molecule has 3 aromatic rings. The first-order chi connectivity index (χ1) is 13.5. The molecule has 0 aliphatic heterocycles. The molecule has 0 spiro atoms. The fourth-order valence-electron chi connectivity index (χ4n) is 2.30. The van der Waals surface area contributed by atoms with Gasteiger partial charge in [-0.25, -0.2) is 4.98 Å². The Morgan fingerprint density at radius 3 is 2.64 bits per heavy atom. The smallest absolute Gasteiger partial charge is 0.264 e. The summed E-state index contributed by atoms with van der Waals surface area (Å²) in [7, 11) is 0. The van der Waals surface area contributed by atoms with Crippen LogP contribution in [0.1, 0.15) is 13.3 Å². The highest BCUT2D eigenvalue weighted by atomic mass is 35.5. The van der Waals surface area contributed by atoms with E-state index in [1.807, 2.05) is 29.6 Å². The Balaban J connectivity index is 1.55. The van der Waals surface area contributed by atoms with Crippen molar-refractivity contribution in [2.45, 2.75) is 13.3 Å². The summed E-state index contributed by atoms with van der Waals surface area (Å²) in [6.45, 7) is 2.57. The van der Waals surface area contributed by atoms with Crippen molar-refractivity contribution in [3.63, 3.8) is 0 Å². The number of amides is 1. The van der Waals surface area contributed by atoms with Crippen LogP contribution in [0, 0.1) is 0 Å². The summed E-state index contributed by atoms with van der Waals surface area (Å²) in [5, 5.41) is 5.95. The first-order valence-corrected chi connectivity index (χ1v) is 10.2. The maximum atomic E-state index is 12.1. The number of thiazole rings is 1. The zero-order chi connectivity index (χ0) is 19.9. The number of nitrogens with one attached hydrogen (secondary N) is 1. The number of rotatable bonds is 8. The summed E-state index contributed by atoms with van der Waals surface area (Å²) < 4.78 is 11.0. The standard InChI is InChI=1S/C20H18Cl2N2O3S/c1-2-9-26-15-6-3-13(4-7-15)17-12-28-20(23-17)24-19(25)11-27-18-8-5-14(21)10-16(18)22/h3-8,10,12H,2,9,11H2,1H3,(H,23,24,25). The van der Waals surface area contributed by atoms with Crippen LogP contribution in [0.4, 0.5) is 5.13 Å². The van der Waals surface area contributed by atoms with Gasteiger partial charge in [0.15, 0.2) is 11.7 Å². The molecule has 0 fully saturated rings. The van der Waals surface area contributed by atoms with E-state index in [0.717, 1.165) is 23.4 Å². The van der Waals surface area contributed by atoms with Gasteiger partial charge in [-0.15, -0.1) is 11.3 Å². The van der Waals surface area contributed by atoms with Gasteiger partial charge in [0, 0.05) is 16.0 Å². The van der Waals surface area contributed by atoms with Gasteiger partial charge in [-0.05, 0) is 48.9 Å².